The van der Waals surface area contributed by atoms with Gasteiger partial charge in [-0.15, -0.1) is 0 Å². The van der Waals surface area contributed by atoms with Crippen molar-refractivity contribution in [3.8, 4) is 0 Å². The number of likely N-dealkylation sites (N-methyl/N-ethyl adjacent to an activating group) is 1. The number of amides is 2. The van der Waals surface area contributed by atoms with Crippen LogP contribution in [0.2, 0.25) is 0 Å². The lowest BCUT2D eigenvalue weighted by Gasteiger charge is -2.23. The maximum absolute atomic E-state index is 13.7. The Morgan fingerprint density at radius 1 is 1.18 bits per heavy atom. The van der Waals surface area contributed by atoms with E-state index in [0.29, 0.717) is 11.6 Å². The van der Waals surface area contributed by atoms with Crippen molar-refractivity contribution in [1.29, 1.82) is 0 Å². The molecule has 0 bridgehead atoms. The van der Waals surface area contributed by atoms with E-state index in [1.807, 2.05) is 20.8 Å². The summed E-state index contributed by atoms with van der Waals surface area (Å²) in [5.74, 6) is -2.80. The Bertz CT molecular complexity index is 913. The fourth-order valence-electron chi connectivity index (χ4n) is 2.99. The van der Waals surface area contributed by atoms with Crippen molar-refractivity contribution in [3.63, 3.8) is 0 Å². The van der Waals surface area contributed by atoms with Gasteiger partial charge in [0.25, 0.3) is 5.91 Å². The summed E-state index contributed by atoms with van der Waals surface area (Å²) >= 11 is 0. The quantitative estimate of drug-likeness (QED) is 0.824. The van der Waals surface area contributed by atoms with Crippen LogP contribution in [0.3, 0.4) is 0 Å². The number of nitrogens with zero attached hydrogens (tertiary/aromatic N) is 2. The monoisotopic (exact) mass is 390 g/mol. The summed E-state index contributed by atoms with van der Waals surface area (Å²) in [6.07, 6.45) is 2.08. The summed E-state index contributed by atoms with van der Waals surface area (Å²) in [6, 6.07) is 3.68. The topological polar surface area (TPSA) is 76.0 Å². The first-order valence-corrected chi connectivity index (χ1v) is 9.19. The zero-order valence-electron chi connectivity index (χ0n) is 16.3. The summed E-state index contributed by atoms with van der Waals surface area (Å²) in [4.78, 5) is 25.3. The predicted octanol–water partition coefficient (Wildman–Crippen LogP) is 3.01. The third kappa shape index (κ3) is 4.05. The van der Waals surface area contributed by atoms with E-state index in [0.717, 1.165) is 30.7 Å². The summed E-state index contributed by atoms with van der Waals surface area (Å²) < 4.78 is 28.6. The van der Waals surface area contributed by atoms with Gasteiger partial charge in [0.15, 0.2) is 11.6 Å². The number of carbonyl (C=O) groups excluding carboxylic acids is 2. The Morgan fingerprint density at radius 2 is 1.86 bits per heavy atom. The zero-order chi connectivity index (χ0) is 20.6. The molecule has 1 aromatic carbocycles. The smallest absolute Gasteiger partial charge is 0.270 e. The van der Waals surface area contributed by atoms with Crippen molar-refractivity contribution >= 4 is 11.8 Å². The van der Waals surface area contributed by atoms with Gasteiger partial charge < -0.3 is 10.6 Å². The van der Waals surface area contributed by atoms with E-state index < -0.39 is 35.0 Å². The van der Waals surface area contributed by atoms with E-state index in [1.165, 1.54) is 13.1 Å². The number of halogens is 2. The Balaban J connectivity index is 1.94. The average molecular weight is 390 g/mol. The first-order valence-electron chi connectivity index (χ1n) is 9.19. The van der Waals surface area contributed by atoms with Crippen LogP contribution in [0.15, 0.2) is 24.3 Å². The third-order valence-electron chi connectivity index (χ3n) is 4.65. The van der Waals surface area contributed by atoms with Gasteiger partial charge in [-0.05, 0) is 57.4 Å². The normalized spacial score (nSPS) is 15.2. The van der Waals surface area contributed by atoms with Crippen molar-refractivity contribution in [1.82, 2.24) is 20.4 Å². The standard InChI is InChI=1S/C20H24F2N4O2/c1-20(2,3)26-16(10-15(25-26)11-5-6-11)18(27)24-17(19(28)23-4)12-7-8-13(21)14(22)9-12/h7-11,17H,5-6H2,1-4H3,(H,23,28)(H,24,27)/t17-/m0/s1. The number of carbonyl (C=O) groups is 2. The van der Waals surface area contributed by atoms with Crippen LogP contribution in [-0.4, -0.2) is 28.6 Å². The van der Waals surface area contributed by atoms with Gasteiger partial charge in [0.1, 0.15) is 11.7 Å². The lowest BCUT2D eigenvalue weighted by molar-refractivity contribution is -0.122. The zero-order valence-corrected chi connectivity index (χ0v) is 16.3. The molecule has 1 aromatic heterocycles. The van der Waals surface area contributed by atoms with Gasteiger partial charge in [-0.3, -0.25) is 14.3 Å². The van der Waals surface area contributed by atoms with E-state index in [9.17, 15) is 18.4 Å². The molecule has 2 amide bonds. The molecule has 8 heteroatoms. The van der Waals surface area contributed by atoms with Crippen LogP contribution in [0, 0.1) is 11.6 Å². The molecule has 1 aliphatic rings. The van der Waals surface area contributed by atoms with Crippen LogP contribution in [0.4, 0.5) is 8.78 Å². The van der Waals surface area contributed by atoms with Crippen LogP contribution < -0.4 is 10.6 Å². The minimum absolute atomic E-state index is 0.149. The Morgan fingerprint density at radius 3 is 2.39 bits per heavy atom. The predicted molar refractivity (Wildman–Crippen MR) is 99.8 cm³/mol. The first kappa shape index (κ1) is 20.0. The van der Waals surface area contributed by atoms with Gasteiger partial charge in [-0.1, -0.05) is 6.07 Å². The first-order chi connectivity index (χ1) is 13.1. The van der Waals surface area contributed by atoms with Crippen molar-refractivity contribution in [2.24, 2.45) is 0 Å². The van der Waals surface area contributed by atoms with Crippen molar-refractivity contribution < 1.29 is 18.4 Å². The van der Waals surface area contributed by atoms with Crippen LogP contribution in [0.1, 0.15) is 67.3 Å². The Hall–Kier alpha value is -2.77. The van der Waals surface area contributed by atoms with Gasteiger partial charge in [0.05, 0.1) is 11.2 Å². The van der Waals surface area contributed by atoms with Gasteiger partial charge in [0, 0.05) is 13.0 Å². The molecule has 1 heterocycles. The highest BCUT2D eigenvalue weighted by Crippen LogP contribution is 2.40. The number of hydrogen-bond acceptors (Lipinski definition) is 3. The van der Waals surface area contributed by atoms with Gasteiger partial charge >= 0.3 is 0 Å². The molecule has 3 rings (SSSR count). The van der Waals surface area contributed by atoms with Crippen molar-refractivity contribution in [3.05, 3.63) is 52.9 Å². The van der Waals surface area contributed by atoms with E-state index in [4.69, 9.17) is 0 Å². The highest BCUT2D eigenvalue weighted by atomic mass is 19.2. The summed E-state index contributed by atoms with van der Waals surface area (Å²) in [5, 5.41) is 9.65. The second-order valence-corrected chi connectivity index (χ2v) is 8.01. The molecular weight excluding hydrogens is 366 g/mol. The maximum Gasteiger partial charge on any atom is 0.270 e. The highest BCUT2D eigenvalue weighted by Gasteiger charge is 2.32. The van der Waals surface area contributed by atoms with E-state index in [2.05, 4.69) is 15.7 Å². The number of nitrogens with one attached hydrogen (secondary N) is 2. The van der Waals surface area contributed by atoms with Crippen LogP contribution in [-0.2, 0) is 10.3 Å². The highest BCUT2D eigenvalue weighted by molar-refractivity contribution is 5.96. The molecule has 0 aliphatic heterocycles. The molecule has 6 nitrogen and oxygen atoms in total. The molecule has 28 heavy (non-hydrogen) atoms. The molecule has 2 aromatic rings. The largest absolute Gasteiger partial charge is 0.357 e. The molecule has 1 aliphatic carbocycles. The van der Waals surface area contributed by atoms with E-state index in [1.54, 1.807) is 10.7 Å². The number of aromatic nitrogens is 2. The molecule has 0 spiro atoms. The van der Waals surface area contributed by atoms with Crippen LogP contribution in [0.5, 0.6) is 0 Å². The molecule has 1 fully saturated rings. The number of hydrogen-bond donors (Lipinski definition) is 2. The second kappa shape index (κ2) is 7.33. The summed E-state index contributed by atoms with van der Waals surface area (Å²) in [7, 11) is 1.41. The fourth-order valence-corrected chi connectivity index (χ4v) is 2.99. The maximum atomic E-state index is 13.7. The lowest BCUT2D eigenvalue weighted by Crippen LogP contribution is -2.40. The van der Waals surface area contributed by atoms with Gasteiger partial charge in [0.2, 0.25) is 5.91 Å². The van der Waals surface area contributed by atoms with Crippen molar-refractivity contribution in [2.45, 2.75) is 51.1 Å². The molecular formula is C20H24F2N4O2. The minimum Gasteiger partial charge on any atom is -0.357 e. The summed E-state index contributed by atoms with van der Waals surface area (Å²) in [5.41, 5.74) is 0.885. The molecule has 0 radical (unpaired) electrons. The average Bonchev–Trinajstić information content (AvgIpc) is 3.38. The molecule has 2 N–H and O–H groups in total. The van der Waals surface area contributed by atoms with Gasteiger partial charge in [-0.25, -0.2) is 8.78 Å². The molecule has 150 valence electrons. The third-order valence-corrected chi connectivity index (χ3v) is 4.65. The molecule has 0 unspecified atom stereocenters. The fraction of sp³-hybridized carbons (Fsp3) is 0.450. The van der Waals surface area contributed by atoms with E-state index >= 15 is 0 Å². The molecule has 0 saturated heterocycles. The Labute approximate surface area is 162 Å². The van der Waals surface area contributed by atoms with Gasteiger partial charge in [-0.2, -0.15) is 5.10 Å². The van der Waals surface area contributed by atoms with Crippen LogP contribution >= 0.6 is 0 Å². The number of rotatable bonds is 5. The summed E-state index contributed by atoms with van der Waals surface area (Å²) in [6.45, 7) is 5.79. The lowest BCUT2D eigenvalue weighted by atomic mass is 10.0. The number of benzene rings is 1. The SMILES string of the molecule is CNC(=O)[C@@H](NC(=O)c1cc(C2CC2)nn1C(C)(C)C)c1ccc(F)c(F)c1. The van der Waals surface area contributed by atoms with Crippen LogP contribution in [0.25, 0.3) is 0 Å². The minimum atomic E-state index is -1.17. The Kier molecular flexibility index (Phi) is 5.23. The molecule has 1 saturated carbocycles. The van der Waals surface area contributed by atoms with E-state index in [-0.39, 0.29) is 5.56 Å². The van der Waals surface area contributed by atoms with Crippen molar-refractivity contribution in [2.75, 3.05) is 7.05 Å². The second-order valence-electron chi connectivity index (χ2n) is 8.01. The molecule has 1 atom stereocenters.